The quantitative estimate of drug-likeness (QED) is 0.794. The van der Waals surface area contributed by atoms with Crippen molar-refractivity contribution in [3.8, 4) is 0 Å². The minimum absolute atomic E-state index is 0.00592. The molecule has 8 nitrogen and oxygen atoms in total. The molecule has 0 spiro atoms. The molecular weight excluding hydrogens is 370 g/mol. The van der Waals surface area contributed by atoms with E-state index >= 15 is 0 Å². The smallest absolute Gasteiger partial charge is 0.317 e. The van der Waals surface area contributed by atoms with Crippen molar-refractivity contribution >= 4 is 6.03 Å². The minimum atomic E-state index is 0.00592. The molecule has 1 aliphatic carbocycles. The molecule has 2 saturated heterocycles. The van der Waals surface area contributed by atoms with Crippen LogP contribution in [0.4, 0.5) is 4.79 Å². The Hall–Kier alpha value is -1.93. The van der Waals surface area contributed by atoms with Gasteiger partial charge < -0.3 is 15.0 Å². The predicted molar refractivity (Wildman–Crippen MR) is 110 cm³/mol. The molecule has 160 valence electrons. The minimum Gasteiger partial charge on any atom is -0.378 e. The molecule has 2 amide bonds. The molecule has 0 saturated carbocycles. The summed E-state index contributed by atoms with van der Waals surface area (Å²) in [6.45, 7) is 5.63. The van der Waals surface area contributed by atoms with Crippen molar-refractivity contribution in [2.45, 2.75) is 57.5 Å². The van der Waals surface area contributed by atoms with Gasteiger partial charge in [0.15, 0.2) is 0 Å². The van der Waals surface area contributed by atoms with Gasteiger partial charge >= 0.3 is 6.03 Å². The highest BCUT2D eigenvalue weighted by Gasteiger charge is 2.24. The van der Waals surface area contributed by atoms with Crippen LogP contribution in [0.1, 0.15) is 43.4 Å². The number of likely N-dealkylation sites (tertiary alicyclic amines) is 1. The maximum atomic E-state index is 12.4. The van der Waals surface area contributed by atoms with Crippen LogP contribution in [0, 0.1) is 0 Å². The number of carbonyl (C=O) groups excluding carboxylic acids is 1. The molecule has 1 unspecified atom stereocenters. The summed E-state index contributed by atoms with van der Waals surface area (Å²) < 4.78 is 6.96. The van der Waals surface area contributed by atoms with Gasteiger partial charge in [-0.25, -0.2) is 9.48 Å². The molecule has 0 aromatic carbocycles. The van der Waals surface area contributed by atoms with E-state index in [4.69, 9.17) is 4.74 Å². The first-order chi connectivity index (χ1) is 14.2. The molecule has 1 N–H and O–H groups in total. The lowest BCUT2D eigenvalue weighted by atomic mass is 9.97. The van der Waals surface area contributed by atoms with Gasteiger partial charge in [-0.2, -0.15) is 5.10 Å². The molecule has 3 aliphatic rings. The molecule has 0 radical (unpaired) electrons. The molecule has 0 bridgehead atoms. The van der Waals surface area contributed by atoms with Crippen molar-refractivity contribution < 1.29 is 9.53 Å². The number of hydrogen-bond donors (Lipinski definition) is 1. The Balaban J connectivity index is 1.32. The van der Waals surface area contributed by atoms with Gasteiger partial charge in [-0.3, -0.25) is 9.69 Å². The molecule has 4 rings (SSSR count). The third kappa shape index (κ3) is 5.17. The lowest BCUT2D eigenvalue weighted by Gasteiger charge is -2.36. The maximum Gasteiger partial charge on any atom is 0.317 e. The van der Waals surface area contributed by atoms with E-state index in [1.165, 1.54) is 12.8 Å². The van der Waals surface area contributed by atoms with Crippen LogP contribution in [0.3, 0.4) is 0 Å². The Labute approximate surface area is 172 Å². The molecular formula is C21H33N5O3. The third-order valence-corrected chi connectivity index (χ3v) is 6.41. The van der Waals surface area contributed by atoms with Crippen molar-refractivity contribution in [2.75, 3.05) is 45.9 Å². The average molecular weight is 404 g/mol. The van der Waals surface area contributed by atoms with E-state index in [1.807, 2.05) is 4.90 Å². The molecule has 3 heterocycles. The topological polar surface area (TPSA) is 79.7 Å². The zero-order valence-corrected chi connectivity index (χ0v) is 17.3. The Morgan fingerprint density at radius 1 is 1.10 bits per heavy atom. The number of ether oxygens (including phenoxy) is 1. The van der Waals surface area contributed by atoms with Crippen LogP contribution in [-0.2, 0) is 24.1 Å². The van der Waals surface area contributed by atoms with E-state index < -0.39 is 0 Å². The van der Waals surface area contributed by atoms with Gasteiger partial charge in [0.25, 0.3) is 5.56 Å². The fraction of sp³-hybridized carbons (Fsp3) is 0.762. The number of morpholine rings is 1. The standard InChI is InChI=1S/C21H33N5O3/c27-20-15-17-5-1-2-7-19(17)23-26(20)10-9-24-8-4-3-6-18(24)16-22-21(28)25-11-13-29-14-12-25/h15,18H,1-14,16H2,(H,22,28). The highest BCUT2D eigenvalue weighted by Crippen LogP contribution is 2.18. The number of carbonyl (C=O) groups is 1. The van der Waals surface area contributed by atoms with Gasteiger partial charge in [-0.1, -0.05) is 6.42 Å². The first-order valence-electron chi connectivity index (χ1n) is 11.2. The summed E-state index contributed by atoms with van der Waals surface area (Å²) in [5.41, 5.74) is 2.25. The van der Waals surface area contributed by atoms with Gasteiger partial charge in [0.1, 0.15) is 0 Å². The number of aromatic nitrogens is 2. The zero-order chi connectivity index (χ0) is 20.1. The number of aryl methyl sites for hydroxylation is 2. The van der Waals surface area contributed by atoms with Crippen molar-refractivity contribution in [2.24, 2.45) is 0 Å². The Bertz CT molecular complexity index is 759. The third-order valence-electron chi connectivity index (χ3n) is 6.41. The second-order valence-electron chi connectivity index (χ2n) is 8.36. The lowest BCUT2D eigenvalue weighted by molar-refractivity contribution is 0.0521. The van der Waals surface area contributed by atoms with E-state index in [0.717, 1.165) is 56.5 Å². The predicted octanol–water partition coefficient (Wildman–Crippen LogP) is 1.02. The van der Waals surface area contributed by atoms with Crippen LogP contribution in [0.5, 0.6) is 0 Å². The highest BCUT2D eigenvalue weighted by molar-refractivity contribution is 5.74. The summed E-state index contributed by atoms with van der Waals surface area (Å²) in [4.78, 5) is 29.1. The molecule has 1 aromatic rings. The van der Waals surface area contributed by atoms with E-state index in [2.05, 4.69) is 15.3 Å². The number of rotatable bonds is 5. The number of hydrogen-bond acceptors (Lipinski definition) is 5. The summed E-state index contributed by atoms with van der Waals surface area (Å²) in [6.07, 6.45) is 7.71. The first-order valence-corrected chi connectivity index (χ1v) is 11.2. The van der Waals surface area contributed by atoms with Crippen molar-refractivity contribution in [3.05, 3.63) is 27.7 Å². The Morgan fingerprint density at radius 2 is 1.93 bits per heavy atom. The summed E-state index contributed by atoms with van der Waals surface area (Å²) in [5.74, 6) is 0. The lowest BCUT2D eigenvalue weighted by Crippen LogP contribution is -2.52. The fourth-order valence-corrected chi connectivity index (χ4v) is 4.65. The second kappa shape index (κ2) is 9.71. The molecule has 1 atom stereocenters. The summed E-state index contributed by atoms with van der Waals surface area (Å²) in [6, 6.07) is 2.12. The van der Waals surface area contributed by atoms with Crippen LogP contribution in [0.25, 0.3) is 0 Å². The van der Waals surface area contributed by atoms with Crippen LogP contribution < -0.4 is 10.9 Å². The molecule has 1 aromatic heterocycles. The van der Waals surface area contributed by atoms with Crippen LogP contribution >= 0.6 is 0 Å². The fourth-order valence-electron chi connectivity index (χ4n) is 4.65. The number of amides is 2. The molecule has 8 heteroatoms. The second-order valence-corrected chi connectivity index (χ2v) is 8.36. The number of nitrogens with zero attached hydrogens (tertiary/aromatic N) is 4. The number of urea groups is 1. The van der Waals surface area contributed by atoms with Crippen molar-refractivity contribution in [1.82, 2.24) is 24.9 Å². The molecule has 2 aliphatic heterocycles. The Kier molecular flexibility index (Phi) is 6.82. The van der Waals surface area contributed by atoms with Crippen molar-refractivity contribution in [3.63, 3.8) is 0 Å². The van der Waals surface area contributed by atoms with E-state index in [0.29, 0.717) is 45.4 Å². The van der Waals surface area contributed by atoms with E-state index in [-0.39, 0.29) is 11.6 Å². The van der Waals surface area contributed by atoms with Crippen LogP contribution in [-0.4, -0.2) is 77.6 Å². The monoisotopic (exact) mass is 403 g/mol. The number of fused-ring (bicyclic) bond motifs is 1. The van der Waals surface area contributed by atoms with Gasteiger partial charge in [0.05, 0.1) is 25.5 Å². The molecule has 29 heavy (non-hydrogen) atoms. The average Bonchev–Trinajstić information content (AvgIpc) is 2.77. The number of piperidine rings is 1. The largest absolute Gasteiger partial charge is 0.378 e. The summed E-state index contributed by atoms with van der Waals surface area (Å²) >= 11 is 0. The number of nitrogens with one attached hydrogen (secondary N) is 1. The molecule has 2 fully saturated rings. The van der Waals surface area contributed by atoms with E-state index in [9.17, 15) is 9.59 Å². The van der Waals surface area contributed by atoms with Crippen LogP contribution in [0.2, 0.25) is 0 Å². The highest BCUT2D eigenvalue weighted by atomic mass is 16.5. The van der Waals surface area contributed by atoms with Gasteiger partial charge in [0, 0.05) is 38.3 Å². The van der Waals surface area contributed by atoms with Gasteiger partial charge in [-0.15, -0.1) is 0 Å². The van der Waals surface area contributed by atoms with Crippen LogP contribution in [0.15, 0.2) is 10.9 Å². The van der Waals surface area contributed by atoms with Gasteiger partial charge in [-0.05, 0) is 50.6 Å². The summed E-state index contributed by atoms with van der Waals surface area (Å²) in [7, 11) is 0. The maximum absolute atomic E-state index is 12.4. The van der Waals surface area contributed by atoms with Gasteiger partial charge in [0.2, 0.25) is 0 Å². The summed E-state index contributed by atoms with van der Waals surface area (Å²) in [5, 5.41) is 7.76. The van der Waals surface area contributed by atoms with E-state index in [1.54, 1.807) is 10.7 Å². The SMILES string of the molecule is O=C(NCC1CCCCN1CCn1nc2c(cc1=O)CCCC2)N1CCOCC1. The first kappa shape index (κ1) is 20.3. The zero-order valence-electron chi connectivity index (χ0n) is 17.3. The Morgan fingerprint density at radius 3 is 2.79 bits per heavy atom. The normalized spacial score (nSPS) is 22.9. The van der Waals surface area contributed by atoms with Crippen molar-refractivity contribution in [1.29, 1.82) is 0 Å².